The minimum Gasteiger partial charge on any atom is -0.343 e. The summed E-state index contributed by atoms with van der Waals surface area (Å²) in [7, 11) is 0. The number of carbonyl (C=O) groups is 2. The summed E-state index contributed by atoms with van der Waals surface area (Å²) in [6.07, 6.45) is 3.38. The van der Waals surface area contributed by atoms with Gasteiger partial charge in [0.1, 0.15) is 0 Å². The largest absolute Gasteiger partial charge is 0.343 e. The van der Waals surface area contributed by atoms with E-state index in [0.29, 0.717) is 10.7 Å². The molecular formula is C21H16N4O2S. The Labute approximate surface area is 165 Å². The monoisotopic (exact) mass is 388 g/mol. The van der Waals surface area contributed by atoms with Crippen LogP contribution in [-0.2, 0) is 4.79 Å². The van der Waals surface area contributed by atoms with Crippen molar-refractivity contribution in [1.29, 1.82) is 0 Å². The molecule has 0 saturated carbocycles. The number of benzene rings is 2. The maximum Gasteiger partial charge on any atom is 0.251 e. The number of anilines is 1. The molecule has 6 nitrogen and oxygen atoms in total. The van der Waals surface area contributed by atoms with E-state index < -0.39 is 0 Å². The number of carbonyl (C=O) groups excluding carboxylic acids is 2. The van der Waals surface area contributed by atoms with Crippen LogP contribution in [0.3, 0.4) is 0 Å². The summed E-state index contributed by atoms with van der Waals surface area (Å²) in [5.41, 5.74) is 2.21. The van der Waals surface area contributed by atoms with Crippen LogP contribution in [-0.4, -0.2) is 28.3 Å². The number of hydrogen-bond donors (Lipinski definition) is 2. The van der Waals surface area contributed by atoms with Gasteiger partial charge in [-0.1, -0.05) is 30.3 Å². The Morgan fingerprint density at radius 3 is 2.57 bits per heavy atom. The van der Waals surface area contributed by atoms with Gasteiger partial charge in [-0.15, -0.1) is 11.3 Å². The van der Waals surface area contributed by atoms with Crippen LogP contribution in [0.5, 0.6) is 0 Å². The molecule has 7 heteroatoms. The lowest BCUT2D eigenvalue weighted by molar-refractivity contribution is -0.115. The molecule has 138 valence electrons. The Hall–Kier alpha value is -3.58. The van der Waals surface area contributed by atoms with Gasteiger partial charge in [-0.25, -0.2) is 4.98 Å². The Morgan fingerprint density at radius 1 is 0.964 bits per heavy atom. The second-order valence-corrected chi connectivity index (χ2v) is 6.92. The number of nitrogens with one attached hydrogen (secondary N) is 2. The molecule has 2 heterocycles. The van der Waals surface area contributed by atoms with E-state index in [4.69, 9.17) is 0 Å². The first-order chi connectivity index (χ1) is 13.7. The standard InChI is InChI=1S/C21H16N4O2S/c26-19(25-21-24-18(13-28-21)15-7-9-22-10-8-15)12-23-20(27)17-6-5-14-3-1-2-4-16(14)11-17/h1-11,13H,12H2,(H,23,27)(H,24,25,26). The number of thiazole rings is 1. The van der Waals surface area contributed by atoms with Crippen LogP contribution < -0.4 is 10.6 Å². The molecule has 0 saturated heterocycles. The van der Waals surface area contributed by atoms with E-state index in [9.17, 15) is 9.59 Å². The van der Waals surface area contributed by atoms with Crippen LogP contribution in [0.2, 0.25) is 0 Å². The van der Waals surface area contributed by atoms with Crippen molar-refractivity contribution in [1.82, 2.24) is 15.3 Å². The van der Waals surface area contributed by atoms with E-state index >= 15 is 0 Å². The number of fused-ring (bicyclic) bond motifs is 1. The second-order valence-electron chi connectivity index (χ2n) is 6.07. The molecule has 0 atom stereocenters. The molecule has 0 bridgehead atoms. The van der Waals surface area contributed by atoms with Crippen LogP contribution in [0.1, 0.15) is 10.4 Å². The van der Waals surface area contributed by atoms with Crippen molar-refractivity contribution in [3.63, 3.8) is 0 Å². The van der Waals surface area contributed by atoms with E-state index in [1.165, 1.54) is 11.3 Å². The molecule has 2 aromatic heterocycles. The predicted octanol–water partition coefficient (Wildman–Crippen LogP) is 3.73. The molecule has 0 radical (unpaired) electrons. The van der Waals surface area contributed by atoms with Gasteiger partial charge in [0, 0.05) is 28.9 Å². The topological polar surface area (TPSA) is 84.0 Å². The molecule has 28 heavy (non-hydrogen) atoms. The van der Waals surface area contributed by atoms with Crippen molar-refractivity contribution in [2.75, 3.05) is 11.9 Å². The Balaban J connectivity index is 1.35. The molecule has 2 amide bonds. The molecular weight excluding hydrogens is 372 g/mol. The summed E-state index contributed by atoms with van der Waals surface area (Å²) in [5, 5.41) is 9.73. The van der Waals surface area contributed by atoms with Crippen LogP contribution in [0, 0.1) is 0 Å². The molecule has 0 aliphatic heterocycles. The van der Waals surface area contributed by atoms with Gasteiger partial charge in [0.2, 0.25) is 5.91 Å². The second kappa shape index (κ2) is 7.98. The molecule has 4 aromatic rings. The maximum atomic E-state index is 12.3. The number of rotatable bonds is 5. The molecule has 4 rings (SSSR count). The average molecular weight is 388 g/mol. The van der Waals surface area contributed by atoms with E-state index in [-0.39, 0.29) is 18.4 Å². The fraction of sp³-hybridized carbons (Fsp3) is 0.0476. The zero-order chi connectivity index (χ0) is 19.3. The number of nitrogens with zero attached hydrogens (tertiary/aromatic N) is 2. The van der Waals surface area contributed by atoms with E-state index in [0.717, 1.165) is 22.0 Å². The van der Waals surface area contributed by atoms with Crippen LogP contribution in [0.15, 0.2) is 72.4 Å². The molecule has 0 aliphatic carbocycles. The molecule has 0 fully saturated rings. The quantitative estimate of drug-likeness (QED) is 0.546. The van der Waals surface area contributed by atoms with Gasteiger partial charge in [0.25, 0.3) is 5.91 Å². The third-order valence-electron chi connectivity index (χ3n) is 4.15. The van der Waals surface area contributed by atoms with Gasteiger partial charge in [0.05, 0.1) is 12.2 Å². The van der Waals surface area contributed by atoms with Crippen molar-refractivity contribution in [2.45, 2.75) is 0 Å². The fourth-order valence-electron chi connectivity index (χ4n) is 2.74. The van der Waals surface area contributed by atoms with Gasteiger partial charge in [0.15, 0.2) is 5.13 Å². The highest BCUT2D eigenvalue weighted by atomic mass is 32.1. The summed E-state index contributed by atoms with van der Waals surface area (Å²) < 4.78 is 0. The highest BCUT2D eigenvalue weighted by molar-refractivity contribution is 7.14. The van der Waals surface area contributed by atoms with E-state index in [2.05, 4.69) is 20.6 Å². The third-order valence-corrected chi connectivity index (χ3v) is 4.91. The Morgan fingerprint density at radius 2 is 1.75 bits per heavy atom. The van der Waals surface area contributed by atoms with Crippen molar-refractivity contribution in [3.8, 4) is 11.3 Å². The zero-order valence-electron chi connectivity index (χ0n) is 14.8. The van der Waals surface area contributed by atoms with Crippen LogP contribution >= 0.6 is 11.3 Å². The van der Waals surface area contributed by atoms with Crippen molar-refractivity contribution in [2.24, 2.45) is 0 Å². The predicted molar refractivity (Wildman–Crippen MR) is 110 cm³/mol. The Bertz CT molecular complexity index is 1140. The summed E-state index contributed by atoms with van der Waals surface area (Å²) in [6.45, 7) is -0.129. The van der Waals surface area contributed by atoms with Gasteiger partial charge in [-0.3, -0.25) is 14.6 Å². The fourth-order valence-corrected chi connectivity index (χ4v) is 3.48. The molecule has 0 spiro atoms. The number of hydrogen-bond acceptors (Lipinski definition) is 5. The summed E-state index contributed by atoms with van der Waals surface area (Å²) in [4.78, 5) is 32.8. The lowest BCUT2D eigenvalue weighted by Gasteiger charge is -2.06. The SMILES string of the molecule is O=C(CNC(=O)c1ccc2ccccc2c1)Nc1nc(-c2ccncc2)cs1. The lowest BCUT2D eigenvalue weighted by Crippen LogP contribution is -2.32. The first-order valence-corrected chi connectivity index (χ1v) is 9.50. The van der Waals surface area contributed by atoms with E-state index in [1.54, 1.807) is 18.5 Å². The van der Waals surface area contributed by atoms with Crippen LogP contribution in [0.25, 0.3) is 22.0 Å². The van der Waals surface area contributed by atoms with Gasteiger partial charge >= 0.3 is 0 Å². The number of amides is 2. The lowest BCUT2D eigenvalue weighted by atomic mass is 10.1. The highest BCUT2D eigenvalue weighted by Gasteiger charge is 2.11. The summed E-state index contributed by atoms with van der Waals surface area (Å²) >= 11 is 1.33. The minimum atomic E-state index is -0.329. The van der Waals surface area contributed by atoms with Gasteiger partial charge in [-0.05, 0) is 35.0 Å². The summed E-state index contributed by atoms with van der Waals surface area (Å²) in [5.74, 6) is -0.623. The number of aromatic nitrogens is 2. The first-order valence-electron chi connectivity index (χ1n) is 8.62. The third kappa shape index (κ3) is 4.05. The molecule has 0 unspecified atom stereocenters. The van der Waals surface area contributed by atoms with Crippen LogP contribution in [0.4, 0.5) is 5.13 Å². The van der Waals surface area contributed by atoms with E-state index in [1.807, 2.05) is 53.9 Å². The van der Waals surface area contributed by atoms with Gasteiger partial charge in [-0.2, -0.15) is 0 Å². The Kier molecular flexibility index (Phi) is 5.07. The molecule has 2 aromatic carbocycles. The molecule has 0 aliphatic rings. The normalized spacial score (nSPS) is 10.6. The zero-order valence-corrected chi connectivity index (χ0v) is 15.6. The summed E-state index contributed by atoms with van der Waals surface area (Å²) in [6, 6.07) is 17.0. The molecule has 2 N–H and O–H groups in total. The average Bonchev–Trinajstić information content (AvgIpc) is 3.20. The van der Waals surface area contributed by atoms with Gasteiger partial charge < -0.3 is 10.6 Å². The highest BCUT2D eigenvalue weighted by Crippen LogP contribution is 2.24. The smallest absolute Gasteiger partial charge is 0.251 e. The van der Waals surface area contributed by atoms with Crippen molar-refractivity contribution >= 4 is 39.1 Å². The van der Waals surface area contributed by atoms with Crippen molar-refractivity contribution < 1.29 is 9.59 Å². The maximum absolute atomic E-state index is 12.3. The first kappa shape index (κ1) is 17.8. The van der Waals surface area contributed by atoms with Crippen molar-refractivity contribution in [3.05, 3.63) is 77.9 Å². The minimum absolute atomic E-state index is 0.129. The number of pyridine rings is 1.